The maximum Gasteiger partial charge on any atom is 0.249 e. The molecule has 0 aliphatic rings. The van der Waals surface area contributed by atoms with Gasteiger partial charge < -0.3 is 10.1 Å². The van der Waals surface area contributed by atoms with Crippen LogP contribution in [0.15, 0.2) is 54.9 Å². The van der Waals surface area contributed by atoms with Crippen LogP contribution in [0.5, 0.6) is 5.75 Å². The van der Waals surface area contributed by atoms with Crippen molar-refractivity contribution in [1.82, 2.24) is 15.0 Å². The zero-order valence-electron chi connectivity index (χ0n) is 16.2. The van der Waals surface area contributed by atoms with Gasteiger partial charge in [-0.2, -0.15) is 0 Å². The second-order valence-electron chi connectivity index (χ2n) is 7.08. The molecule has 1 atom stereocenters. The first kappa shape index (κ1) is 21.1. The van der Waals surface area contributed by atoms with Gasteiger partial charge in [0.05, 0.1) is 16.2 Å². The number of nitrogens with one attached hydrogen (secondary N) is 1. The van der Waals surface area contributed by atoms with Crippen LogP contribution in [0.1, 0.15) is 31.9 Å². The fourth-order valence-electron chi connectivity index (χ4n) is 2.82. The van der Waals surface area contributed by atoms with Gasteiger partial charge in [-0.05, 0) is 54.3 Å². The third-order valence-electron chi connectivity index (χ3n) is 4.27. The van der Waals surface area contributed by atoms with Crippen molar-refractivity contribution < 1.29 is 9.53 Å². The maximum atomic E-state index is 12.7. The Morgan fingerprint density at radius 1 is 1.14 bits per heavy atom. The van der Waals surface area contributed by atoms with E-state index in [9.17, 15) is 4.79 Å². The molecule has 152 valence electrons. The van der Waals surface area contributed by atoms with Crippen LogP contribution in [0.25, 0.3) is 0 Å². The van der Waals surface area contributed by atoms with Crippen LogP contribution in [-0.2, 0) is 11.4 Å². The van der Waals surface area contributed by atoms with Gasteiger partial charge in [-0.3, -0.25) is 4.79 Å². The van der Waals surface area contributed by atoms with Gasteiger partial charge in [0.15, 0.2) is 0 Å². The number of hydrogen-bond acceptors (Lipinski definition) is 4. The van der Waals surface area contributed by atoms with Crippen LogP contribution in [0, 0.1) is 5.92 Å². The Morgan fingerprint density at radius 3 is 2.52 bits per heavy atom. The molecule has 1 aromatic heterocycles. The standard InChI is InChI=1S/C21H22Cl2N4O2/c1-14(2)11-20(27-10-9-24-26-27)21(28)25-16-4-6-17(7-5-16)29-13-15-3-8-18(22)19(23)12-15/h3-10,12,14,20H,11,13H2,1-2H3,(H,25,28). The minimum atomic E-state index is -0.414. The molecular formula is C21H22Cl2N4O2. The highest BCUT2D eigenvalue weighted by Crippen LogP contribution is 2.24. The second-order valence-corrected chi connectivity index (χ2v) is 7.89. The van der Waals surface area contributed by atoms with Gasteiger partial charge in [0, 0.05) is 11.9 Å². The van der Waals surface area contributed by atoms with Crippen molar-refractivity contribution in [2.24, 2.45) is 5.92 Å². The van der Waals surface area contributed by atoms with E-state index >= 15 is 0 Å². The van der Waals surface area contributed by atoms with Crippen molar-refractivity contribution in [3.05, 3.63) is 70.5 Å². The molecule has 0 radical (unpaired) electrons. The Hall–Kier alpha value is -2.57. The molecule has 0 saturated carbocycles. The Balaban J connectivity index is 1.60. The van der Waals surface area contributed by atoms with E-state index in [-0.39, 0.29) is 5.91 Å². The molecule has 1 unspecified atom stereocenters. The van der Waals surface area contributed by atoms with Gasteiger partial charge in [-0.25, -0.2) is 4.68 Å². The predicted octanol–water partition coefficient (Wildman–Crippen LogP) is 5.39. The quantitative estimate of drug-likeness (QED) is 0.517. The summed E-state index contributed by atoms with van der Waals surface area (Å²) in [5.41, 5.74) is 1.60. The Kier molecular flexibility index (Phi) is 7.12. The van der Waals surface area contributed by atoms with Crippen molar-refractivity contribution in [2.75, 3.05) is 5.32 Å². The molecule has 1 heterocycles. The van der Waals surface area contributed by atoms with Gasteiger partial charge in [-0.15, -0.1) is 5.10 Å². The number of benzene rings is 2. The fraction of sp³-hybridized carbons (Fsp3) is 0.286. The minimum Gasteiger partial charge on any atom is -0.489 e. The van der Waals surface area contributed by atoms with Crippen LogP contribution in [0.4, 0.5) is 5.69 Å². The number of halogens is 2. The number of carbonyl (C=O) groups excluding carboxylic acids is 1. The van der Waals surface area contributed by atoms with Gasteiger partial charge >= 0.3 is 0 Å². The molecule has 3 rings (SSSR count). The first-order chi connectivity index (χ1) is 13.9. The van der Waals surface area contributed by atoms with E-state index in [4.69, 9.17) is 27.9 Å². The molecule has 0 fully saturated rings. The number of nitrogens with zero attached hydrogens (tertiary/aromatic N) is 3. The molecule has 0 bridgehead atoms. The van der Waals surface area contributed by atoms with Crippen LogP contribution in [0.2, 0.25) is 10.0 Å². The lowest BCUT2D eigenvalue weighted by Crippen LogP contribution is -2.27. The Labute approximate surface area is 179 Å². The lowest BCUT2D eigenvalue weighted by atomic mass is 10.0. The monoisotopic (exact) mass is 432 g/mol. The average Bonchev–Trinajstić information content (AvgIpc) is 3.22. The maximum absolute atomic E-state index is 12.7. The van der Waals surface area contributed by atoms with Crippen molar-refractivity contribution in [3.63, 3.8) is 0 Å². The molecule has 0 aliphatic heterocycles. The first-order valence-electron chi connectivity index (χ1n) is 9.26. The lowest BCUT2D eigenvalue weighted by molar-refractivity contribution is -0.120. The topological polar surface area (TPSA) is 69.0 Å². The lowest BCUT2D eigenvalue weighted by Gasteiger charge is -2.18. The summed E-state index contributed by atoms with van der Waals surface area (Å²) in [4.78, 5) is 12.7. The van der Waals surface area contributed by atoms with E-state index in [1.807, 2.05) is 6.07 Å². The highest BCUT2D eigenvalue weighted by Gasteiger charge is 2.22. The Bertz CT molecular complexity index is 944. The SMILES string of the molecule is CC(C)CC(C(=O)Nc1ccc(OCc2ccc(Cl)c(Cl)c2)cc1)n1ccnn1. The number of anilines is 1. The molecule has 0 aliphatic carbocycles. The minimum absolute atomic E-state index is 0.131. The number of rotatable bonds is 8. The van der Waals surface area contributed by atoms with Crippen LogP contribution in [-0.4, -0.2) is 20.9 Å². The van der Waals surface area contributed by atoms with Gasteiger partial charge in [0.1, 0.15) is 18.4 Å². The number of aromatic nitrogens is 3. The summed E-state index contributed by atoms with van der Waals surface area (Å²) >= 11 is 11.9. The first-order valence-corrected chi connectivity index (χ1v) is 10.0. The van der Waals surface area contributed by atoms with Gasteiger partial charge in [0.25, 0.3) is 0 Å². The number of carbonyl (C=O) groups is 1. The number of ether oxygens (including phenoxy) is 1. The van der Waals surface area contributed by atoms with Crippen LogP contribution < -0.4 is 10.1 Å². The molecule has 29 heavy (non-hydrogen) atoms. The van der Waals surface area contributed by atoms with Crippen LogP contribution in [0.3, 0.4) is 0 Å². The summed E-state index contributed by atoms with van der Waals surface area (Å²) in [6.07, 6.45) is 3.94. The molecule has 8 heteroatoms. The van der Waals surface area contributed by atoms with E-state index in [1.54, 1.807) is 53.5 Å². The number of amides is 1. The molecule has 3 aromatic rings. The fourth-order valence-corrected chi connectivity index (χ4v) is 3.14. The Morgan fingerprint density at radius 2 is 1.90 bits per heavy atom. The zero-order valence-corrected chi connectivity index (χ0v) is 17.7. The predicted molar refractivity (Wildman–Crippen MR) is 114 cm³/mol. The average molecular weight is 433 g/mol. The molecule has 0 saturated heterocycles. The zero-order chi connectivity index (χ0) is 20.8. The van der Waals surface area contributed by atoms with E-state index < -0.39 is 6.04 Å². The van der Waals surface area contributed by atoms with Gasteiger partial charge in [0.2, 0.25) is 5.91 Å². The highest BCUT2D eigenvalue weighted by atomic mass is 35.5. The summed E-state index contributed by atoms with van der Waals surface area (Å²) in [7, 11) is 0. The van der Waals surface area contributed by atoms with Crippen molar-refractivity contribution in [1.29, 1.82) is 0 Å². The van der Waals surface area contributed by atoms with Crippen LogP contribution >= 0.6 is 23.2 Å². The molecular weight excluding hydrogens is 411 g/mol. The molecule has 6 nitrogen and oxygen atoms in total. The molecule has 0 spiro atoms. The third kappa shape index (κ3) is 5.95. The largest absolute Gasteiger partial charge is 0.489 e. The van der Waals surface area contributed by atoms with E-state index in [2.05, 4.69) is 29.5 Å². The molecule has 1 N–H and O–H groups in total. The normalized spacial score (nSPS) is 12.0. The van der Waals surface area contributed by atoms with E-state index in [1.165, 1.54) is 0 Å². The van der Waals surface area contributed by atoms with Crippen molar-refractivity contribution in [3.8, 4) is 5.75 Å². The van der Waals surface area contributed by atoms with E-state index in [0.29, 0.717) is 40.4 Å². The third-order valence-corrected chi connectivity index (χ3v) is 5.01. The van der Waals surface area contributed by atoms with E-state index in [0.717, 1.165) is 5.56 Å². The summed E-state index contributed by atoms with van der Waals surface area (Å²) in [6, 6.07) is 12.2. The summed E-state index contributed by atoms with van der Waals surface area (Å²) in [6.45, 7) is 4.50. The second kappa shape index (κ2) is 9.76. The number of hydrogen-bond donors (Lipinski definition) is 1. The molecule has 2 aromatic carbocycles. The van der Waals surface area contributed by atoms with Gasteiger partial charge in [-0.1, -0.05) is 48.3 Å². The summed E-state index contributed by atoms with van der Waals surface area (Å²) in [5, 5.41) is 11.7. The van der Waals surface area contributed by atoms with Crippen molar-refractivity contribution >= 4 is 34.8 Å². The summed E-state index contributed by atoms with van der Waals surface area (Å²) in [5.74, 6) is 0.893. The highest BCUT2D eigenvalue weighted by molar-refractivity contribution is 6.42. The summed E-state index contributed by atoms with van der Waals surface area (Å²) < 4.78 is 7.36. The van der Waals surface area contributed by atoms with Crippen molar-refractivity contribution in [2.45, 2.75) is 32.9 Å². The molecule has 1 amide bonds. The smallest absolute Gasteiger partial charge is 0.249 e.